The summed E-state index contributed by atoms with van der Waals surface area (Å²) in [6.07, 6.45) is 1.03. The topological polar surface area (TPSA) is 4.93 Å². The second-order valence-corrected chi connectivity index (χ2v) is 8.45. The summed E-state index contributed by atoms with van der Waals surface area (Å²) in [6.45, 7) is 3.23. The Balaban J connectivity index is 1.72. The summed E-state index contributed by atoms with van der Waals surface area (Å²) in [5.41, 5.74) is 8.49. The first-order valence-electron chi connectivity index (χ1n) is 10.8. The summed E-state index contributed by atoms with van der Waals surface area (Å²) >= 11 is 0. The number of rotatable bonds is 1. The number of hydrogen-bond donors (Lipinski definition) is 0. The molecule has 5 aromatic carbocycles. The van der Waals surface area contributed by atoms with Gasteiger partial charge in [-0.3, -0.25) is 0 Å². The second kappa shape index (κ2) is 5.73. The van der Waals surface area contributed by atoms with Gasteiger partial charge in [0, 0.05) is 28.4 Å². The fourth-order valence-electron chi connectivity index (χ4n) is 5.65. The number of nitrogens with zero attached hydrogens (tertiary/aromatic N) is 1. The number of aryl methyl sites for hydroxylation is 1. The van der Waals surface area contributed by atoms with Gasteiger partial charge < -0.3 is 4.57 Å². The molecule has 0 bridgehead atoms. The molecule has 30 heavy (non-hydrogen) atoms. The maximum absolute atomic E-state index is 2.49. The van der Waals surface area contributed by atoms with Gasteiger partial charge in [0.2, 0.25) is 0 Å². The Labute approximate surface area is 175 Å². The van der Waals surface area contributed by atoms with Crippen LogP contribution in [0.5, 0.6) is 0 Å². The van der Waals surface area contributed by atoms with Crippen LogP contribution in [0.25, 0.3) is 54.5 Å². The Morgan fingerprint density at radius 1 is 0.633 bits per heavy atom. The van der Waals surface area contributed by atoms with E-state index in [0.717, 1.165) is 13.0 Å². The summed E-state index contributed by atoms with van der Waals surface area (Å²) in [6, 6.07) is 31.6. The minimum absolute atomic E-state index is 0.972. The smallest absolute Gasteiger partial charge is 0.0497 e. The van der Waals surface area contributed by atoms with E-state index in [-0.39, 0.29) is 0 Å². The van der Waals surface area contributed by atoms with Gasteiger partial charge >= 0.3 is 0 Å². The fraction of sp³-hybridized carbons (Fsp3) is 0.103. The van der Waals surface area contributed by atoms with Crippen molar-refractivity contribution in [1.82, 2.24) is 4.57 Å². The average molecular weight is 383 g/mol. The van der Waals surface area contributed by atoms with E-state index in [9.17, 15) is 0 Å². The molecule has 142 valence electrons. The van der Waals surface area contributed by atoms with Crippen molar-refractivity contribution in [2.45, 2.75) is 19.9 Å². The number of hydrogen-bond acceptors (Lipinski definition) is 0. The van der Waals surface area contributed by atoms with E-state index in [0.29, 0.717) is 0 Å². The van der Waals surface area contributed by atoms with Gasteiger partial charge in [-0.25, -0.2) is 0 Å². The zero-order chi connectivity index (χ0) is 19.8. The Hall–Kier alpha value is -3.58. The number of fused-ring (bicyclic) bond motifs is 10. The number of aromatic nitrogens is 1. The lowest BCUT2D eigenvalue weighted by Gasteiger charge is -2.09. The van der Waals surface area contributed by atoms with Gasteiger partial charge in [0.15, 0.2) is 0 Å². The van der Waals surface area contributed by atoms with Crippen LogP contribution in [0, 0.1) is 0 Å². The predicted octanol–water partition coefficient (Wildman–Crippen LogP) is 7.69. The van der Waals surface area contributed by atoms with Crippen molar-refractivity contribution < 1.29 is 0 Å². The normalized spacial score (nSPS) is 12.8. The van der Waals surface area contributed by atoms with Crippen molar-refractivity contribution in [3.8, 4) is 11.1 Å². The predicted molar refractivity (Wildman–Crippen MR) is 128 cm³/mol. The molecule has 0 fully saturated rings. The molecular formula is C29H21N. The molecule has 7 rings (SSSR count). The molecule has 1 heteroatoms. The van der Waals surface area contributed by atoms with Crippen LogP contribution in [0.3, 0.4) is 0 Å². The van der Waals surface area contributed by atoms with Crippen molar-refractivity contribution in [2.24, 2.45) is 0 Å². The molecule has 0 N–H and O–H groups in total. The van der Waals surface area contributed by atoms with Crippen LogP contribution in [-0.4, -0.2) is 4.57 Å². The first-order chi connectivity index (χ1) is 14.8. The molecule has 0 atom stereocenters. The summed E-state index contributed by atoms with van der Waals surface area (Å²) in [5.74, 6) is 0. The van der Waals surface area contributed by atoms with Crippen molar-refractivity contribution in [3.63, 3.8) is 0 Å². The van der Waals surface area contributed by atoms with Crippen LogP contribution in [0.1, 0.15) is 18.1 Å². The molecule has 1 aromatic heterocycles. The Kier molecular flexibility index (Phi) is 3.10. The summed E-state index contributed by atoms with van der Waals surface area (Å²) in [7, 11) is 0. The van der Waals surface area contributed by atoms with Crippen LogP contribution in [0.2, 0.25) is 0 Å². The quantitative estimate of drug-likeness (QED) is 0.274. The summed E-state index contributed by atoms with van der Waals surface area (Å²) < 4.78 is 2.49. The molecule has 0 saturated heterocycles. The largest absolute Gasteiger partial charge is 0.341 e. The zero-order valence-electron chi connectivity index (χ0n) is 16.9. The highest BCUT2D eigenvalue weighted by Gasteiger charge is 2.25. The molecular weight excluding hydrogens is 362 g/mol. The van der Waals surface area contributed by atoms with Gasteiger partial charge in [-0.15, -0.1) is 0 Å². The number of benzene rings is 5. The lowest BCUT2D eigenvalue weighted by Crippen LogP contribution is -1.93. The van der Waals surface area contributed by atoms with Crippen LogP contribution >= 0.6 is 0 Å². The van der Waals surface area contributed by atoms with Gasteiger partial charge in [-0.2, -0.15) is 0 Å². The molecule has 1 aliphatic rings. The van der Waals surface area contributed by atoms with Crippen molar-refractivity contribution >= 4 is 43.4 Å². The summed E-state index contributed by atoms with van der Waals surface area (Å²) in [5, 5.41) is 8.12. The molecule has 6 aromatic rings. The molecule has 1 aliphatic carbocycles. The lowest BCUT2D eigenvalue weighted by atomic mass is 9.94. The van der Waals surface area contributed by atoms with Crippen molar-refractivity contribution in [3.05, 3.63) is 96.1 Å². The van der Waals surface area contributed by atoms with E-state index >= 15 is 0 Å². The molecule has 0 radical (unpaired) electrons. The maximum Gasteiger partial charge on any atom is 0.0497 e. The highest BCUT2D eigenvalue weighted by Crippen LogP contribution is 2.48. The second-order valence-electron chi connectivity index (χ2n) is 8.45. The van der Waals surface area contributed by atoms with Crippen molar-refractivity contribution in [2.75, 3.05) is 0 Å². The van der Waals surface area contributed by atoms with Gasteiger partial charge in [-0.05, 0) is 75.3 Å². The van der Waals surface area contributed by atoms with E-state index in [4.69, 9.17) is 0 Å². The first kappa shape index (κ1) is 16.2. The first-order valence-corrected chi connectivity index (χ1v) is 10.8. The Morgan fingerprint density at radius 2 is 1.33 bits per heavy atom. The van der Waals surface area contributed by atoms with E-state index in [2.05, 4.69) is 96.4 Å². The maximum atomic E-state index is 2.49. The Bertz CT molecular complexity index is 1650. The summed E-state index contributed by atoms with van der Waals surface area (Å²) in [4.78, 5) is 0. The van der Waals surface area contributed by atoms with Gasteiger partial charge in [0.05, 0.1) is 0 Å². The average Bonchev–Trinajstić information content (AvgIpc) is 3.32. The molecule has 0 unspecified atom stereocenters. The SMILES string of the molecule is CCn1c2cc3ccccc3cc2c2c3c(ccc21)Cc1ccc2ccccc2c1-3. The molecule has 0 saturated carbocycles. The molecule has 0 spiro atoms. The highest BCUT2D eigenvalue weighted by atomic mass is 15.0. The monoisotopic (exact) mass is 383 g/mol. The lowest BCUT2D eigenvalue weighted by molar-refractivity contribution is 0.827. The van der Waals surface area contributed by atoms with Crippen LogP contribution in [0.4, 0.5) is 0 Å². The van der Waals surface area contributed by atoms with E-state index in [1.807, 2.05) is 0 Å². The van der Waals surface area contributed by atoms with Gasteiger partial charge in [-0.1, -0.05) is 66.7 Å². The van der Waals surface area contributed by atoms with Gasteiger partial charge in [0.1, 0.15) is 0 Å². The van der Waals surface area contributed by atoms with E-state index in [1.54, 1.807) is 0 Å². The van der Waals surface area contributed by atoms with Crippen LogP contribution in [-0.2, 0) is 13.0 Å². The molecule has 0 amide bonds. The van der Waals surface area contributed by atoms with E-state index < -0.39 is 0 Å². The Morgan fingerprint density at radius 3 is 2.17 bits per heavy atom. The third-order valence-corrected chi connectivity index (χ3v) is 6.95. The molecule has 1 heterocycles. The minimum Gasteiger partial charge on any atom is -0.341 e. The fourth-order valence-corrected chi connectivity index (χ4v) is 5.65. The highest BCUT2D eigenvalue weighted by molar-refractivity contribution is 6.21. The molecule has 1 nitrogen and oxygen atoms in total. The third-order valence-electron chi connectivity index (χ3n) is 6.95. The minimum atomic E-state index is 0.972. The third kappa shape index (κ3) is 1.97. The van der Waals surface area contributed by atoms with Crippen LogP contribution in [0.15, 0.2) is 84.9 Å². The zero-order valence-corrected chi connectivity index (χ0v) is 16.9. The van der Waals surface area contributed by atoms with Gasteiger partial charge in [0.25, 0.3) is 0 Å². The van der Waals surface area contributed by atoms with Crippen molar-refractivity contribution in [1.29, 1.82) is 0 Å². The van der Waals surface area contributed by atoms with E-state index in [1.165, 1.54) is 65.6 Å². The molecule has 0 aliphatic heterocycles. The van der Waals surface area contributed by atoms with Crippen LogP contribution < -0.4 is 0 Å². The standard InChI is InChI=1S/C29H21N/c1-2-30-25-14-13-22-15-21-12-11-18-7-5-6-10-23(18)27(21)28(22)29(25)24-16-19-8-3-4-9-20(19)17-26(24)30/h3-14,16-17H,2,15H2,1H3.